The van der Waals surface area contributed by atoms with E-state index in [1.165, 1.54) is 0 Å². The lowest BCUT2D eigenvalue weighted by atomic mass is 9.63. The van der Waals surface area contributed by atoms with Crippen LogP contribution in [-0.4, -0.2) is 66.8 Å². The number of nitrogens with zero attached hydrogens (tertiary/aromatic N) is 4. The van der Waals surface area contributed by atoms with Gasteiger partial charge in [0.2, 0.25) is 0 Å². The molecule has 8 heteroatoms. The minimum atomic E-state index is -0.843. The van der Waals surface area contributed by atoms with Gasteiger partial charge in [0.05, 0.1) is 71.3 Å². The lowest BCUT2D eigenvalue weighted by Gasteiger charge is -2.40. The fraction of sp³-hybridized carbons (Fsp3) is 0.128. The zero-order valence-corrected chi connectivity index (χ0v) is 46.9. The summed E-state index contributed by atoms with van der Waals surface area (Å²) in [6, 6.07) is 83.6. The largest absolute Gasteiger partial charge is 0.395 e. The van der Waals surface area contributed by atoms with Crippen molar-refractivity contribution < 1.29 is 20.4 Å². The molecule has 0 spiro atoms. The van der Waals surface area contributed by atoms with Crippen molar-refractivity contribution in [1.29, 1.82) is 0 Å². The number of fused-ring (bicyclic) bond motifs is 20. The molecule has 0 fully saturated rings. The Bertz CT molecular complexity index is 4880. The van der Waals surface area contributed by atoms with Gasteiger partial charge in [-0.25, -0.2) is 19.9 Å². The van der Waals surface area contributed by atoms with E-state index < -0.39 is 21.7 Å². The van der Waals surface area contributed by atoms with Gasteiger partial charge in [0.15, 0.2) is 0 Å². The van der Waals surface area contributed by atoms with E-state index in [1.54, 1.807) is 0 Å². The Morgan fingerprint density at radius 2 is 0.523 bits per heavy atom. The Balaban J connectivity index is 0.000000137. The molecule has 0 bridgehead atoms. The van der Waals surface area contributed by atoms with Gasteiger partial charge in [0, 0.05) is 65.5 Å². The first-order chi connectivity index (χ1) is 42.3. The molecule has 4 aliphatic rings. The maximum Gasteiger partial charge on any atom is 0.0761 e. The summed E-state index contributed by atoms with van der Waals surface area (Å²) in [5.74, 6) is 0. The lowest BCUT2D eigenvalue weighted by Crippen LogP contribution is -2.42. The second kappa shape index (κ2) is 18.9. The van der Waals surface area contributed by atoms with Gasteiger partial charge in [-0.3, -0.25) is 0 Å². The minimum Gasteiger partial charge on any atom is -0.395 e. The average molecular weight is 1110 g/mol. The van der Waals surface area contributed by atoms with E-state index in [9.17, 15) is 20.4 Å². The highest BCUT2D eigenvalue weighted by Gasteiger charge is 2.56. The van der Waals surface area contributed by atoms with Crippen LogP contribution < -0.4 is 0 Å². The van der Waals surface area contributed by atoms with Crippen LogP contribution in [-0.2, 0) is 21.7 Å². The molecule has 4 atom stereocenters. The topological polar surface area (TPSA) is 132 Å². The van der Waals surface area contributed by atoms with E-state index in [0.717, 1.165) is 155 Å². The van der Waals surface area contributed by atoms with Gasteiger partial charge in [-0.1, -0.05) is 194 Å². The van der Waals surface area contributed by atoms with Crippen LogP contribution in [0.5, 0.6) is 0 Å². The Kier molecular flexibility index (Phi) is 11.1. The van der Waals surface area contributed by atoms with Crippen molar-refractivity contribution in [3.63, 3.8) is 0 Å². The van der Waals surface area contributed by atoms with Crippen molar-refractivity contribution in [1.82, 2.24) is 19.9 Å². The predicted octanol–water partition coefficient (Wildman–Crippen LogP) is 15.1. The number of rotatable bonds is 8. The molecular formula is C78H56N4O4. The molecule has 4 aromatic heterocycles. The van der Waals surface area contributed by atoms with Crippen LogP contribution in [0.2, 0.25) is 0 Å². The monoisotopic (exact) mass is 1110 g/mol. The number of hydrogen-bond donors (Lipinski definition) is 4. The van der Waals surface area contributed by atoms with Crippen molar-refractivity contribution in [3.8, 4) is 45.0 Å². The standard InChI is InChI=1S/C43H30N2O2.C35H26N2O2/c46-24-42(32-19-17-26-9-1-5-13-30(26)38(32)40-34(42)21-28-11-3-7-15-36(28)44-40)23-43(25-47)33-20-18-27-10-2-6-14-31(27)39(33)41-35(43)22-29-12-4-8-16-37(29)45-41;38-20-34(26-13-5-3-11-24(26)32-28(34)17-22-9-1-7-15-30(22)36-32)19-35(21-39)27-14-6-4-12-25(27)33-29(35)18-23-10-2-8-16-31(23)37-33/h1-22,46-47H,23-25H2;1-18,38-39H,19-21H2. The van der Waals surface area contributed by atoms with Gasteiger partial charge in [-0.05, 0) is 127 Å². The summed E-state index contributed by atoms with van der Waals surface area (Å²) in [7, 11) is 0. The third kappa shape index (κ3) is 6.89. The van der Waals surface area contributed by atoms with Crippen molar-refractivity contribution in [3.05, 3.63) is 287 Å². The highest BCUT2D eigenvalue weighted by atomic mass is 16.3. The van der Waals surface area contributed by atoms with E-state index in [2.05, 4.69) is 158 Å². The molecule has 4 unspecified atom stereocenters. The van der Waals surface area contributed by atoms with Crippen LogP contribution in [0, 0.1) is 0 Å². The molecule has 10 aromatic carbocycles. The van der Waals surface area contributed by atoms with Gasteiger partial charge in [0.25, 0.3) is 0 Å². The Morgan fingerprint density at radius 1 is 0.244 bits per heavy atom. The summed E-state index contributed by atoms with van der Waals surface area (Å²) < 4.78 is 0. The summed E-state index contributed by atoms with van der Waals surface area (Å²) >= 11 is 0. The Labute approximate surface area is 496 Å². The number of aliphatic hydroxyl groups excluding tert-OH is 4. The maximum atomic E-state index is 11.8. The molecule has 4 aliphatic carbocycles. The molecular weight excluding hydrogens is 1060 g/mol. The van der Waals surface area contributed by atoms with E-state index >= 15 is 0 Å². The second-order valence-corrected chi connectivity index (χ2v) is 24.1. The molecule has 18 rings (SSSR count). The summed E-state index contributed by atoms with van der Waals surface area (Å²) in [4.78, 5) is 20.8. The van der Waals surface area contributed by atoms with Crippen molar-refractivity contribution in [2.45, 2.75) is 34.5 Å². The van der Waals surface area contributed by atoms with E-state index in [0.29, 0.717) is 12.8 Å². The third-order valence-electron chi connectivity index (χ3n) is 20.0. The molecule has 86 heavy (non-hydrogen) atoms. The van der Waals surface area contributed by atoms with E-state index in [1.807, 2.05) is 84.9 Å². The number of para-hydroxylation sites is 4. The molecule has 0 saturated heterocycles. The summed E-state index contributed by atoms with van der Waals surface area (Å²) in [5.41, 5.74) is 16.6. The molecule has 412 valence electrons. The SMILES string of the molecule is OCC1(CC2(CO)c3cc4ccccc4nc3-c3c2ccc2ccccc32)c2cc3ccccc3nc2-c2c1ccc1ccccc21.OCC1(CC2(CO)c3ccccc3-c3nc4ccccc4cc32)c2ccccc2-c2nc3ccccc3cc21. The molecule has 0 radical (unpaired) electrons. The van der Waals surface area contributed by atoms with Gasteiger partial charge in [0.1, 0.15) is 0 Å². The van der Waals surface area contributed by atoms with Gasteiger partial charge in [-0.15, -0.1) is 0 Å². The number of benzene rings is 10. The molecule has 0 aliphatic heterocycles. The lowest BCUT2D eigenvalue weighted by molar-refractivity contribution is 0.154. The first kappa shape index (κ1) is 50.7. The molecule has 0 saturated carbocycles. The van der Waals surface area contributed by atoms with E-state index in [-0.39, 0.29) is 26.4 Å². The first-order valence-electron chi connectivity index (χ1n) is 29.6. The summed E-state index contributed by atoms with van der Waals surface area (Å²) in [5, 5.41) is 55.1. The molecule has 4 heterocycles. The third-order valence-corrected chi connectivity index (χ3v) is 20.0. The quantitative estimate of drug-likeness (QED) is 0.118. The van der Waals surface area contributed by atoms with Crippen LogP contribution in [0.3, 0.4) is 0 Å². The number of aromatic nitrogens is 4. The smallest absolute Gasteiger partial charge is 0.0761 e. The molecule has 4 N–H and O–H groups in total. The maximum absolute atomic E-state index is 11.8. The summed E-state index contributed by atoms with van der Waals surface area (Å²) in [6.45, 7) is -0.465. The average Bonchev–Trinajstić information content (AvgIpc) is 1.57. The first-order valence-corrected chi connectivity index (χ1v) is 29.6. The second-order valence-electron chi connectivity index (χ2n) is 24.1. The normalized spacial score (nSPS) is 19.9. The zero-order valence-electron chi connectivity index (χ0n) is 46.9. The number of aliphatic hydroxyl groups is 4. The van der Waals surface area contributed by atoms with Gasteiger partial charge >= 0.3 is 0 Å². The number of pyridine rings is 4. The van der Waals surface area contributed by atoms with Crippen LogP contribution in [0.1, 0.15) is 57.3 Å². The van der Waals surface area contributed by atoms with Crippen LogP contribution in [0.4, 0.5) is 0 Å². The fourth-order valence-electron chi connectivity index (χ4n) is 16.1. The highest BCUT2D eigenvalue weighted by molar-refractivity contribution is 6.05. The number of hydrogen-bond acceptors (Lipinski definition) is 8. The predicted molar refractivity (Wildman–Crippen MR) is 344 cm³/mol. The van der Waals surface area contributed by atoms with Crippen LogP contribution in [0.15, 0.2) is 243 Å². The van der Waals surface area contributed by atoms with Gasteiger partial charge in [-0.2, -0.15) is 0 Å². The summed E-state index contributed by atoms with van der Waals surface area (Å²) in [6.07, 6.45) is 0.935. The van der Waals surface area contributed by atoms with Crippen molar-refractivity contribution in [2.75, 3.05) is 26.4 Å². The van der Waals surface area contributed by atoms with Gasteiger partial charge < -0.3 is 20.4 Å². The van der Waals surface area contributed by atoms with Crippen molar-refractivity contribution >= 4 is 65.2 Å². The van der Waals surface area contributed by atoms with Crippen LogP contribution in [0.25, 0.3) is 110 Å². The highest BCUT2D eigenvalue weighted by Crippen LogP contribution is 2.62. The zero-order chi connectivity index (χ0) is 57.5. The van der Waals surface area contributed by atoms with Crippen LogP contribution >= 0.6 is 0 Å². The molecule has 14 aromatic rings. The van der Waals surface area contributed by atoms with E-state index in [4.69, 9.17) is 19.9 Å². The molecule has 8 nitrogen and oxygen atoms in total. The molecule has 0 amide bonds. The van der Waals surface area contributed by atoms with Crippen molar-refractivity contribution in [2.24, 2.45) is 0 Å². The fourth-order valence-corrected chi connectivity index (χ4v) is 16.1. The Morgan fingerprint density at radius 3 is 0.884 bits per heavy atom. The minimum absolute atomic E-state index is 0.0999. The Hall–Kier alpha value is -9.80.